The molecule has 1 aromatic heterocycles. The summed E-state index contributed by atoms with van der Waals surface area (Å²) in [6, 6.07) is -1.60. The lowest BCUT2D eigenvalue weighted by Crippen LogP contribution is -2.39. The summed E-state index contributed by atoms with van der Waals surface area (Å²) >= 11 is 1.54. The summed E-state index contributed by atoms with van der Waals surface area (Å²) in [5, 5.41) is 31.1. The molecule has 3 rings (SSSR count). The van der Waals surface area contributed by atoms with Gasteiger partial charge in [-0.25, -0.2) is 4.79 Å². The Balaban J connectivity index is 1.93. The number of hydrogen-bond donors (Lipinski definition) is 5. The number of nitrogens with one attached hydrogen (secondary N) is 3. The molecule has 0 saturated carbocycles. The quantitative estimate of drug-likeness (QED) is 0.466. The number of aromatic nitrogens is 2. The molecule has 0 aliphatic carbocycles. The first-order chi connectivity index (χ1) is 10.0. The zero-order chi connectivity index (χ0) is 15.1. The van der Waals surface area contributed by atoms with E-state index in [1.807, 2.05) is 6.26 Å². The predicted molar refractivity (Wildman–Crippen MR) is 76.0 cm³/mol. The molecule has 0 radical (unpaired) electrons. The third kappa shape index (κ3) is 2.33. The molecule has 114 valence electrons. The van der Waals surface area contributed by atoms with E-state index in [1.54, 1.807) is 0 Å². The van der Waals surface area contributed by atoms with Crippen molar-refractivity contribution in [2.75, 3.05) is 12.0 Å². The summed E-state index contributed by atoms with van der Waals surface area (Å²) < 4.78 is 0. The average molecular weight is 313 g/mol. The number of rotatable bonds is 3. The lowest BCUT2D eigenvalue weighted by atomic mass is 10.00. The third-order valence-corrected chi connectivity index (χ3v) is 4.44. The van der Waals surface area contributed by atoms with E-state index in [0.29, 0.717) is 5.75 Å². The van der Waals surface area contributed by atoms with Crippen LogP contribution in [0.4, 0.5) is 5.69 Å². The van der Waals surface area contributed by atoms with Crippen LogP contribution in [0.1, 0.15) is 11.7 Å². The summed E-state index contributed by atoms with van der Waals surface area (Å²) in [6.45, 7) is 0. The molecule has 0 bridgehead atoms. The van der Waals surface area contributed by atoms with Gasteiger partial charge in [0.1, 0.15) is 6.04 Å². The Kier molecular flexibility index (Phi) is 3.69. The van der Waals surface area contributed by atoms with Gasteiger partial charge in [0.25, 0.3) is 5.56 Å². The molecule has 21 heavy (non-hydrogen) atoms. The van der Waals surface area contributed by atoms with Gasteiger partial charge in [0.2, 0.25) is 0 Å². The zero-order valence-corrected chi connectivity index (χ0v) is 11.9. The molecule has 1 fully saturated rings. The maximum absolute atomic E-state index is 11.6. The monoisotopic (exact) mass is 313 g/mol. The molecule has 3 heterocycles. The number of thioether (sulfide) groups is 1. The van der Waals surface area contributed by atoms with Crippen LogP contribution in [0, 0.1) is 0 Å². The SMILES string of the molecule is CSC[C@H]1N[C@@H](C2N=Nc3c2[nH]c(=O)[nH]c3=O)[C@H](O)[C@@H]1O. The van der Waals surface area contributed by atoms with Gasteiger partial charge in [0.15, 0.2) is 5.69 Å². The number of nitrogens with zero attached hydrogens (tertiary/aromatic N) is 2. The van der Waals surface area contributed by atoms with Crippen LogP contribution in [-0.2, 0) is 0 Å². The van der Waals surface area contributed by atoms with Gasteiger partial charge >= 0.3 is 5.69 Å². The van der Waals surface area contributed by atoms with Crippen LogP contribution in [0.5, 0.6) is 0 Å². The number of fused-ring (bicyclic) bond motifs is 1. The highest BCUT2D eigenvalue weighted by atomic mass is 32.2. The molecule has 2 aliphatic heterocycles. The molecule has 5 N–H and O–H groups in total. The normalized spacial score (nSPS) is 34.3. The summed E-state index contributed by atoms with van der Waals surface area (Å²) in [5.74, 6) is 0.622. The van der Waals surface area contributed by atoms with E-state index in [4.69, 9.17) is 0 Å². The van der Waals surface area contributed by atoms with Gasteiger partial charge in [-0.1, -0.05) is 0 Å². The molecule has 10 heteroatoms. The Labute approximate surface area is 122 Å². The van der Waals surface area contributed by atoms with Crippen LogP contribution in [0.3, 0.4) is 0 Å². The van der Waals surface area contributed by atoms with Crippen molar-refractivity contribution in [2.45, 2.75) is 30.3 Å². The van der Waals surface area contributed by atoms with Crippen molar-refractivity contribution >= 4 is 17.4 Å². The fourth-order valence-corrected chi connectivity index (χ4v) is 3.39. The van der Waals surface area contributed by atoms with Gasteiger partial charge in [-0.2, -0.15) is 16.9 Å². The van der Waals surface area contributed by atoms with Crippen molar-refractivity contribution in [1.82, 2.24) is 15.3 Å². The van der Waals surface area contributed by atoms with Crippen molar-refractivity contribution in [3.63, 3.8) is 0 Å². The Bertz CT molecular complexity index is 686. The number of aliphatic hydroxyl groups excluding tert-OH is 2. The van der Waals surface area contributed by atoms with Gasteiger partial charge in [-0.3, -0.25) is 9.78 Å². The van der Waals surface area contributed by atoms with Crippen molar-refractivity contribution < 1.29 is 10.2 Å². The molecule has 9 nitrogen and oxygen atoms in total. The minimum absolute atomic E-state index is 0.0383. The first-order valence-corrected chi connectivity index (χ1v) is 7.80. The lowest BCUT2D eigenvalue weighted by Gasteiger charge is -2.19. The molecule has 0 spiro atoms. The Hall–Kier alpha value is -1.49. The molecule has 1 saturated heterocycles. The number of hydrogen-bond acceptors (Lipinski definition) is 8. The molecule has 0 aromatic carbocycles. The van der Waals surface area contributed by atoms with Crippen LogP contribution in [0.15, 0.2) is 19.8 Å². The molecule has 2 aliphatic rings. The van der Waals surface area contributed by atoms with E-state index >= 15 is 0 Å². The van der Waals surface area contributed by atoms with Gasteiger partial charge in [0, 0.05) is 11.8 Å². The second-order valence-corrected chi connectivity index (χ2v) is 5.98. The van der Waals surface area contributed by atoms with Crippen molar-refractivity contribution in [2.24, 2.45) is 10.2 Å². The number of aliphatic hydroxyl groups is 2. The van der Waals surface area contributed by atoms with Crippen molar-refractivity contribution in [3.8, 4) is 0 Å². The second kappa shape index (κ2) is 5.37. The van der Waals surface area contributed by atoms with Gasteiger partial charge in [-0.15, -0.1) is 5.11 Å². The first-order valence-electron chi connectivity index (χ1n) is 6.41. The minimum atomic E-state index is -1.06. The standard InChI is InChI=1S/C11H15N5O4S/c1-21-2-3-8(17)9(18)6(12-3)5-4-7(16-15-5)10(19)14-11(20)13-4/h3,5-6,8-9,12,17-18H,2H2,1H3,(H2,13,14,19,20)/t3-,5?,6+,8-,9+/m1/s1. The highest BCUT2D eigenvalue weighted by Crippen LogP contribution is 2.36. The summed E-state index contributed by atoms with van der Waals surface area (Å²) in [7, 11) is 0. The van der Waals surface area contributed by atoms with Crippen LogP contribution in [0.2, 0.25) is 0 Å². The number of azo groups is 1. The van der Waals surface area contributed by atoms with E-state index in [-0.39, 0.29) is 17.4 Å². The van der Waals surface area contributed by atoms with Gasteiger partial charge in [-0.05, 0) is 6.26 Å². The van der Waals surface area contributed by atoms with E-state index in [2.05, 4.69) is 25.5 Å². The van der Waals surface area contributed by atoms with E-state index in [9.17, 15) is 19.8 Å². The Morgan fingerprint density at radius 3 is 2.71 bits per heavy atom. The molecular weight excluding hydrogens is 298 g/mol. The maximum Gasteiger partial charge on any atom is 0.326 e. The Morgan fingerprint density at radius 1 is 1.24 bits per heavy atom. The van der Waals surface area contributed by atoms with E-state index < -0.39 is 35.5 Å². The molecule has 0 amide bonds. The topological polar surface area (TPSA) is 143 Å². The van der Waals surface area contributed by atoms with Crippen molar-refractivity contribution in [1.29, 1.82) is 0 Å². The van der Waals surface area contributed by atoms with Crippen LogP contribution >= 0.6 is 11.8 Å². The number of aromatic amines is 2. The predicted octanol–water partition coefficient (Wildman–Crippen LogP) is -1.37. The lowest BCUT2D eigenvalue weighted by molar-refractivity contribution is 0.0271. The molecule has 5 atom stereocenters. The van der Waals surface area contributed by atoms with Crippen LogP contribution in [-0.4, -0.2) is 56.5 Å². The fraction of sp³-hybridized carbons (Fsp3) is 0.636. The average Bonchev–Trinajstić information content (AvgIpc) is 2.96. The van der Waals surface area contributed by atoms with Crippen LogP contribution < -0.4 is 16.6 Å². The van der Waals surface area contributed by atoms with Crippen LogP contribution in [0.25, 0.3) is 0 Å². The Morgan fingerprint density at radius 2 is 2.00 bits per heavy atom. The molecule has 1 aromatic rings. The molecule has 1 unspecified atom stereocenters. The third-order valence-electron chi connectivity index (χ3n) is 3.75. The first kappa shape index (κ1) is 14.4. The van der Waals surface area contributed by atoms with E-state index in [0.717, 1.165) is 0 Å². The zero-order valence-electron chi connectivity index (χ0n) is 11.1. The van der Waals surface area contributed by atoms with Crippen molar-refractivity contribution in [3.05, 3.63) is 26.5 Å². The molecular formula is C11H15N5O4S. The smallest absolute Gasteiger partial charge is 0.326 e. The summed E-state index contributed by atoms with van der Waals surface area (Å²) in [4.78, 5) is 27.6. The maximum atomic E-state index is 11.6. The van der Waals surface area contributed by atoms with Gasteiger partial charge in [0.05, 0.1) is 23.9 Å². The van der Waals surface area contributed by atoms with Gasteiger partial charge < -0.3 is 20.5 Å². The largest absolute Gasteiger partial charge is 0.389 e. The number of H-pyrrole nitrogens is 2. The fourth-order valence-electron chi connectivity index (χ4n) is 2.74. The van der Waals surface area contributed by atoms with E-state index in [1.165, 1.54) is 11.8 Å². The summed E-state index contributed by atoms with van der Waals surface area (Å²) in [6.07, 6.45) is -0.0920. The minimum Gasteiger partial charge on any atom is -0.389 e. The highest BCUT2D eigenvalue weighted by Gasteiger charge is 2.47. The highest BCUT2D eigenvalue weighted by molar-refractivity contribution is 7.98. The second-order valence-electron chi connectivity index (χ2n) is 5.07. The summed E-state index contributed by atoms with van der Waals surface area (Å²) in [5.41, 5.74) is -0.966.